The van der Waals surface area contributed by atoms with Gasteiger partial charge in [-0.25, -0.2) is 9.80 Å². The molecule has 0 saturated heterocycles. The van der Waals surface area contributed by atoms with Crippen molar-refractivity contribution in [1.82, 2.24) is 10.3 Å². The fraction of sp³-hybridized carbons (Fsp3) is 0.300. The molecule has 0 fully saturated rings. The van der Waals surface area contributed by atoms with E-state index in [1.54, 1.807) is 0 Å². The topological polar surface area (TPSA) is 71.0 Å². The molecule has 6 nitrogen and oxygen atoms in total. The van der Waals surface area contributed by atoms with Crippen LogP contribution in [0.1, 0.15) is 5.56 Å². The molecule has 1 N–H and O–H groups in total. The molecule has 0 aromatic heterocycles. The van der Waals surface area contributed by atoms with Crippen LogP contribution >= 0.6 is 0 Å². The van der Waals surface area contributed by atoms with Crippen molar-refractivity contribution in [2.45, 2.75) is 6.61 Å². The van der Waals surface area contributed by atoms with Gasteiger partial charge in [0, 0.05) is 7.05 Å². The number of nitroso groups, excluding NO2 is 1. The summed E-state index contributed by atoms with van der Waals surface area (Å²) < 4.78 is 4.90. The van der Waals surface area contributed by atoms with Gasteiger partial charge in [-0.1, -0.05) is 30.3 Å². The van der Waals surface area contributed by atoms with Crippen LogP contribution in [0.3, 0.4) is 0 Å². The molecule has 0 atom stereocenters. The average Bonchev–Trinajstić information content (AvgIpc) is 2.34. The van der Waals surface area contributed by atoms with Crippen LogP contribution in [0.15, 0.2) is 35.6 Å². The molecular formula is C10H13N3O3. The number of ether oxygens (including phenoxy) is 1. The van der Waals surface area contributed by atoms with Crippen molar-refractivity contribution in [3.63, 3.8) is 0 Å². The molecule has 0 aliphatic rings. The van der Waals surface area contributed by atoms with Crippen LogP contribution in [0.5, 0.6) is 0 Å². The summed E-state index contributed by atoms with van der Waals surface area (Å²) in [5, 5.41) is 6.01. The Morgan fingerprint density at radius 2 is 2.12 bits per heavy atom. The molecule has 0 heterocycles. The fourth-order valence-electron chi connectivity index (χ4n) is 0.982. The number of benzene rings is 1. The number of carbonyl (C=O) groups is 1. The summed E-state index contributed by atoms with van der Waals surface area (Å²) in [5.41, 5.74) is 0.902. The van der Waals surface area contributed by atoms with Crippen molar-refractivity contribution in [3.8, 4) is 0 Å². The van der Waals surface area contributed by atoms with Crippen molar-refractivity contribution < 1.29 is 9.53 Å². The third-order valence-electron chi connectivity index (χ3n) is 1.80. The Bertz CT molecular complexity index is 342. The molecule has 16 heavy (non-hydrogen) atoms. The largest absolute Gasteiger partial charge is 0.445 e. The molecule has 0 saturated carbocycles. The minimum Gasteiger partial charge on any atom is -0.445 e. The van der Waals surface area contributed by atoms with Crippen LogP contribution in [0, 0.1) is 4.91 Å². The lowest BCUT2D eigenvalue weighted by Gasteiger charge is -2.10. The van der Waals surface area contributed by atoms with Crippen LogP contribution < -0.4 is 5.32 Å². The maximum atomic E-state index is 11.1. The second kappa shape index (κ2) is 6.39. The summed E-state index contributed by atoms with van der Waals surface area (Å²) in [6.45, 7) is 0.224. The summed E-state index contributed by atoms with van der Waals surface area (Å²) >= 11 is 0. The molecule has 6 heteroatoms. The third kappa shape index (κ3) is 4.41. The van der Waals surface area contributed by atoms with E-state index >= 15 is 0 Å². The highest BCUT2D eigenvalue weighted by molar-refractivity contribution is 5.66. The van der Waals surface area contributed by atoms with Gasteiger partial charge in [0.15, 0.2) is 0 Å². The van der Waals surface area contributed by atoms with Gasteiger partial charge in [-0.15, -0.1) is 4.91 Å². The van der Waals surface area contributed by atoms with E-state index in [1.165, 1.54) is 7.05 Å². The highest BCUT2D eigenvalue weighted by atomic mass is 16.5. The lowest BCUT2D eigenvalue weighted by atomic mass is 10.2. The zero-order valence-corrected chi connectivity index (χ0v) is 8.92. The summed E-state index contributed by atoms with van der Waals surface area (Å²) in [6.07, 6.45) is -0.584. The molecule has 1 amide bonds. The van der Waals surface area contributed by atoms with E-state index in [4.69, 9.17) is 4.74 Å². The number of amides is 1. The molecule has 0 aliphatic carbocycles. The first kappa shape index (κ1) is 12.0. The lowest BCUT2D eigenvalue weighted by Crippen LogP contribution is -2.32. The van der Waals surface area contributed by atoms with E-state index in [9.17, 15) is 9.70 Å². The standard InChI is InChI=1S/C10H13N3O3/c1-13(12-15)8-11-10(14)16-7-9-5-3-2-4-6-9/h2-6H,7-8H2,1H3,(H,11,14). The Hall–Kier alpha value is -2.11. The fourth-order valence-corrected chi connectivity index (χ4v) is 0.982. The number of alkyl carbamates (subject to hydrolysis) is 1. The first-order chi connectivity index (χ1) is 7.72. The normalized spacial score (nSPS) is 9.31. The van der Waals surface area contributed by atoms with Gasteiger partial charge in [0.05, 0.1) is 5.29 Å². The Balaban J connectivity index is 2.23. The van der Waals surface area contributed by atoms with Crippen molar-refractivity contribution in [3.05, 3.63) is 40.8 Å². The number of nitrogens with zero attached hydrogens (tertiary/aromatic N) is 2. The summed E-state index contributed by atoms with van der Waals surface area (Å²) in [4.78, 5) is 21.1. The van der Waals surface area contributed by atoms with E-state index < -0.39 is 6.09 Å². The van der Waals surface area contributed by atoms with E-state index in [0.29, 0.717) is 0 Å². The van der Waals surface area contributed by atoms with Gasteiger partial charge in [-0.05, 0) is 5.56 Å². The molecule has 1 aromatic rings. The van der Waals surface area contributed by atoms with Crippen molar-refractivity contribution in [2.75, 3.05) is 13.7 Å². The van der Waals surface area contributed by atoms with Crippen molar-refractivity contribution in [1.29, 1.82) is 0 Å². The van der Waals surface area contributed by atoms with Gasteiger partial charge < -0.3 is 10.1 Å². The smallest absolute Gasteiger partial charge is 0.408 e. The maximum Gasteiger partial charge on any atom is 0.408 e. The first-order valence-corrected chi connectivity index (χ1v) is 4.71. The minimum absolute atomic E-state index is 0.0249. The second-order valence-electron chi connectivity index (χ2n) is 3.14. The highest BCUT2D eigenvalue weighted by Gasteiger charge is 2.03. The van der Waals surface area contributed by atoms with E-state index in [0.717, 1.165) is 10.6 Å². The predicted octanol–water partition coefficient (Wildman–Crippen LogP) is 1.48. The Morgan fingerprint density at radius 3 is 2.75 bits per heavy atom. The molecule has 0 unspecified atom stereocenters. The summed E-state index contributed by atoms with van der Waals surface area (Å²) in [6, 6.07) is 9.31. The number of rotatable bonds is 5. The monoisotopic (exact) mass is 223 g/mol. The third-order valence-corrected chi connectivity index (χ3v) is 1.80. The molecule has 0 bridgehead atoms. The maximum absolute atomic E-state index is 11.1. The van der Waals surface area contributed by atoms with Crippen molar-refractivity contribution in [2.24, 2.45) is 5.29 Å². The number of nitrogens with one attached hydrogen (secondary N) is 1. The summed E-state index contributed by atoms with van der Waals surface area (Å²) in [5.74, 6) is 0. The van der Waals surface area contributed by atoms with Crippen LogP contribution in [-0.4, -0.2) is 24.8 Å². The second-order valence-corrected chi connectivity index (χ2v) is 3.14. The van der Waals surface area contributed by atoms with Crippen LogP contribution in [0.2, 0.25) is 0 Å². The quantitative estimate of drug-likeness (QED) is 0.466. The summed E-state index contributed by atoms with van der Waals surface area (Å²) in [7, 11) is 1.45. The Morgan fingerprint density at radius 1 is 1.44 bits per heavy atom. The Labute approximate surface area is 93.1 Å². The predicted molar refractivity (Wildman–Crippen MR) is 58.2 cm³/mol. The van der Waals surface area contributed by atoms with E-state index in [2.05, 4.69) is 10.6 Å². The van der Waals surface area contributed by atoms with Gasteiger partial charge in [-0.3, -0.25) is 0 Å². The lowest BCUT2D eigenvalue weighted by molar-refractivity contribution is 0.133. The molecule has 1 aromatic carbocycles. The molecule has 0 aliphatic heterocycles. The minimum atomic E-state index is -0.584. The highest BCUT2D eigenvalue weighted by Crippen LogP contribution is 2.00. The number of hydrogen-bond donors (Lipinski definition) is 1. The zero-order chi connectivity index (χ0) is 11.8. The van der Waals surface area contributed by atoms with Gasteiger partial charge in [0.2, 0.25) is 0 Å². The zero-order valence-electron chi connectivity index (χ0n) is 8.92. The SMILES string of the molecule is CN(CNC(=O)OCc1ccccc1)N=O. The van der Waals surface area contributed by atoms with Crippen LogP contribution in [-0.2, 0) is 11.3 Å². The van der Waals surface area contributed by atoms with E-state index in [1.807, 2.05) is 30.3 Å². The Kier molecular flexibility index (Phi) is 4.78. The van der Waals surface area contributed by atoms with Gasteiger partial charge in [0.25, 0.3) is 0 Å². The average molecular weight is 223 g/mol. The molecule has 86 valence electrons. The number of carbonyl (C=O) groups excluding carboxylic acids is 1. The molecule has 0 spiro atoms. The van der Waals surface area contributed by atoms with Crippen LogP contribution in [0.4, 0.5) is 4.79 Å². The van der Waals surface area contributed by atoms with Gasteiger partial charge in [-0.2, -0.15) is 0 Å². The molecule has 0 radical (unpaired) electrons. The molecule has 1 rings (SSSR count). The van der Waals surface area contributed by atoms with Gasteiger partial charge >= 0.3 is 6.09 Å². The van der Waals surface area contributed by atoms with Gasteiger partial charge in [0.1, 0.15) is 13.3 Å². The number of hydrogen-bond acceptors (Lipinski definition) is 4. The van der Waals surface area contributed by atoms with Crippen LogP contribution in [0.25, 0.3) is 0 Å². The molecular weight excluding hydrogens is 210 g/mol. The van der Waals surface area contributed by atoms with Crippen molar-refractivity contribution >= 4 is 6.09 Å². The first-order valence-electron chi connectivity index (χ1n) is 4.71. The van der Waals surface area contributed by atoms with E-state index in [-0.39, 0.29) is 13.3 Å².